The van der Waals surface area contributed by atoms with Crippen molar-refractivity contribution >= 4 is 45.3 Å². The fraction of sp³-hybridized carbons (Fsp3) is 0.483. The highest BCUT2D eigenvalue weighted by atomic mass is 127. The van der Waals surface area contributed by atoms with Crippen molar-refractivity contribution in [2.75, 3.05) is 25.1 Å². The molecule has 3 aromatic rings. The number of amides is 1. The summed E-state index contributed by atoms with van der Waals surface area (Å²) in [6.07, 6.45) is 7.92. The van der Waals surface area contributed by atoms with E-state index < -0.39 is 0 Å². The summed E-state index contributed by atoms with van der Waals surface area (Å²) < 4.78 is 21.0. The molecule has 1 aromatic heterocycles. The number of halogens is 1. The normalized spacial score (nSPS) is 20.8. The monoisotopic (exact) mass is 600 g/mol. The van der Waals surface area contributed by atoms with Crippen molar-refractivity contribution in [2.24, 2.45) is 5.41 Å². The molecule has 36 heavy (non-hydrogen) atoms. The van der Waals surface area contributed by atoms with Crippen LogP contribution in [-0.4, -0.2) is 36.6 Å². The predicted molar refractivity (Wildman–Crippen MR) is 150 cm³/mol. The highest BCUT2D eigenvalue weighted by molar-refractivity contribution is 14.1. The van der Waals surface area contributed by atoms with Crippen LogP contribution in [0.4, 0.5) is 10.5 Å². The highest BCUT2D eigenvalue weighted by Crippen LogP contribution is 2.45. The lowest BCUT2D eigenvalue weighted by atomic mass is 9.92. The Morgan fingerprint density at radius 2 is 1.94 bits per heavy atom. The van der Waals surface area contributed by atoms with Gasteiger partial charge in [0.15, 0.2) is 0 Å². The summed E-state index contributed by atoms with van der Waals surface area (Å²) in [5, 5.41) is 4.12. The van der Waals surface area contributed by atoms with Gasteiger partial charge in [-0.25, -0.2) is 4.79 Å². The van der Waals surface area contributed by atoms with Crippen molar-refractivity contribution < 1.29 is 19.0 Å². The standard InChI is InChI=1S/C29H33IN2O4/c1-29(13-14-29)18-36-28(33)31-20-9-7-19(8-10-20)27-26(30)24-12-11-22(35-17-23-6-3-15-34-23)16-25(24)32(27)21-4-2-5-21/h7-12,16,21,23H,2-6,13-15,17-18H2,1H3,(H,31,33). The van der Waals surface area contributed by atoms with Gasteiger partial charge in [-0.1, -0.05) is 19.1 Å². The summed E-state index contributed by atoms with van der Waals surface area (Å²) >= 11 is 2.48. The van der Waals surface area contributed by atoms with Crippen molar-refractivity contribution in [1.29, 1.82) is 0 Å². The maximum atomic E-state index is 12.2. The first-order chi connectivity index (χ1) is 17.5. The third-order valence-corrected chi connectivity index (χ3v) is 8.97. The summed E-state index contributed by atoms with van der Waals surface area (Å²) in [4.78, 5) is 12.2. The highest BCUT2D eigenvalue weighted by Gasteiger charge is 2.38. The average Bonchev–Trinajstić information content (AvgIpc) is 3.24. The number of rotatable bonds is 8. The number of benzene rings is 2. The maximum Gasteiger partial charge on any atom is 0.411 e. The summed E-state index contributed by atoms with van der Waals surface area (Å²) in [6.45, 7) is 4.08. The Morgan fingerprint density at radius 1 is 1.14 bits per heavy atom. The molecule has 1 unspecified atom stereocenters. The zero-order valence-electron chi connectivity index (χ0n) is 20.7. The second-order valence-electron chi connectivity index (χ2n) is 10.8. The van der Waals surface area contributed by atoms with Crippen molar-refractivity contribution in [1.82, 2.24) is 4.57 Å². The molecule has 7 heteroatoms. The lowest BCUT2D eigenvalue weighted by Gasteiger charge is -2.30. The summed E-state index contributed by atoms with van der Waals surface area (Å²) in [7, 11) is 0. The number of ether oxygens (including phenoxy) is 3. The number of nitrogens with zero attached hydrogens (tertiary/aromatic N) is 1. The molecular weight excluding hydrogens is 567 g/mol. The summed E-state index contributed by atoms with van der Waals surface area (Å²) in [6, 6.07) is 15.1. The Kier molecular flexibility index (Phi) is 6.62. The van der Waals surface area contributed by atoms with E-state index in [4.69, 9.17) is 14.2 Å². The van der Waals surface area contributed by atoms with E-state index in [0.29, 0.717) is 19.3 Å². The number of hydrogen-bond donors (Lipinski definition) is 1. The second-order valence-corrected chi connectivity index (χ2v) is 11.9. The van der Waals surface area contributed by atoms with Crippen molar-refractivity contribution in [2.45, 2.75) is 64.0 Å². The number of carbonyl (C=O) groups excluding carboxylic acids is 1. The molecule has 3 aliphatic rings. The van der Waals surface area contributed by atoms with Crippen LogP contribution in [0.3, 0.4) is 0 Å². The number of carbonyl (C=O) groups is 1. The van der Waals surface area contributed by atoms with Crippen LogP contribution in [0.25, 0.3) is 22.2 Å². The van der Waals surface area contributed by atoms with E-state index in [1.807, 2.05) is 12.1 Å². The molecule has 0 bridgehead atoms. The van der Waals surface area contributed by atoms with Crippen LogP contribution < -0.4 is 10.1 Å². The van der Waals surface area contributed by atoms with Crippen LogP contribution in [0.1, 0.15) is 57.9 Å². The molecule has 2 saturated carbocycles. The molecule has 1 atom stereocenters. The van der Waals surface area contributed by atoms with E-state index in [-0.39, 0.29) is 17.6 Å². The second kappa shape index (κ2) is 9.89. The van der Waals surface area contributed by atoms with Gasteiger partial charge in [-0.15, -0.1) is 0 Å². The number of hydrogen-bond acceptors (Lipinski definition) is 4. The van der Waals surface area contributed by atoms with Crippen LogP contribution in [0.5, 0.6) is 5.75 Å². The smallest absolute Gasteiger partial charge is 0.411 e. The summed E-state index contributed by atoms with van der Waals surface area (Å²) in [5.74, 6) is 0.900. The van der Waals surface area contributed by atoms with Gasteiger partial charge in [0, 0.05) is 38.8 Å². The van der Waals surface area contributed by atoms with Gasteiger partial charge in [0.2, 0.25) is 0 Å². The summed E-state index contributed by atoms with van der Waals surface area (Å²) in [5.41, 5.74) is 4.54. The number of fused-ring (bicyclic) bond motifs is 1. The molecule has 6 nitrogen and oxygen atoms in total. The fourth-order valence-corrected chi connectivity index (χ4v) is 6.09. The minimum absolute atomic E-state index is 0.183. The van der Waals surface area contributed by atoms with Gasteiger partial charge in [0.25, 0.3) is 0 Å². The Bertz CT molecular complexity index is 1250. The number of nitrogens with one attached hydrogen (secondary N) is 1. The van der Waals surface area contributed by atoms with Gasteiger partial charge in [0.05, 0.1) is 23.9 Å². The van der Waals surface area contributed by atoms with Crippen molar-refractivity contribution in [3.8, 4) is 17.0 Å². The van der Waals surface area contributed by atoms with E-state index in [9.17, 15) is 4.79 Å². The molecule has 1 aliphatic heterocycles. The fourth-order valence-electron chi connectivity index (χ4n) is 5.06. The lowest BCUT2D eigenvalue weighted by molar-refractivity contribution is 0.0680. The molecule has 0 radical (unpaired) electrons. The van der Waals surface area contributed by atoms with Gasteiger partial charge in [-0.05, 0) is 97.4 Å². The Morgan fingerprint density at radius 3 is 2.61 bits per heavy atom. The molecule has 0 spiro atoms. The molecule has 190 valence electrons. The molecule has 1 amide bonds. The Hall–Kier alpha value is -2.26. The van der Waals surface area contributed by atoms with E-state index in [1.165, 1.54) is 39.4 Å². The predicted octanol–water partition coefficient (Wildman–Crippen LogP) is 7.54. The molecule has 2 heterocycles. The molecule has 2 aliphatic carbocycles. The first kappa shape index (κ1) is 24.1. The van der Waals surface area contributed by atoms with Gasteiger partial charge < -0.3 is 18.8 Å². The van der Waals surface area contributed by atoms with Crippen LogP contribution in [0, 0.1) is 8.99 Å². The van der Waals surface area contributed by atoms with Gasteiger partial charge >= 0.3 is 6.09 Å². The largest absolute Gasteiger partial charge is 0.491 e. The van der Waals surface area contributed by atoms with Crippen LogP contribution >= 0.6 is 22.6 Å². The molecule has 3 fully saturated rings. The molecule has 6 rings (SSSR count). The third kappa shape index (κ3) is 4.96. The van der Waals surface area contributed by atoms with Crippen LogP contribution in [0.15, 0.2) is 42.5 Å². The molecular formula is C29H33IN2O4. The SMILES string of the molecule is CC1(COC(=O)Nc2ccc(-c3c(I)c4ccc(OCC5CCCO5)cc4n3C3CCC3)cc2)CC1. The zero-order chi connectivity index (χ0) is 24.7. The van der Waals surface area contributed by atoms with E-state index in [1.54, 1.807) is 0 Å². The van der Waals surface area contributed by atoms with Crippen LogP contribution in [-0.2, 0) is 9.47 Å². The Balaban J connectivity index is 1.24. The number of anilines is 1. The minimum atomic E-state index is -0.385. The van der Waals surface area contributed by atoms with E-state index in [2.05, 4.69) is 69.7 Å². The molecule has 1 saturated heterocycles. The third-order valence-electron chi connectivity index (χ3n) is 7.87. The minimum Gasteiger partial charge on any atom is -0.491 e. The van der Waals surface area contributed by atoms with Crippen molar-refractivity contribution in [3.05, 3.63) is 46.0 Å². The topological polar surface area (TPSA) is 61.7 Å². The van der Waals surface area contributed by atoms with E-state index >= 15 is 0 Å². The first-order valence-corrected chi connectivity index (χ1v) is 14.2. The van der Waals surface area contributed by atoms with Gasteiger partial charge in [-0.3, -0.25) is 5.32 Å². The quantitative estimate of drug-likeness (QED) is 0.272. The maximum absolute atomic E-state index is 12.2. The lowest BCUT2D eigenvalue weighted by Crippen LogP contribution is -2.18. The first-order valence-electron chi connectivity index (χ1n) is 13.1. The average molecular weight is 600 g/mol. The van der Waals surface area contributed by atoms with Gasteiger partial charge in [-0.2, -0.15) is 0 Å². The van der Waals surface area contributed by atoms with Crippen molar-refractivity contribution in [3.63, 3.8) is 0 Å². The number of aromatic nitrogens is 1. The Labute approximate surface area is 225 Å². The zero-order valence-corrected chi connectivity index (χ0v) is 22.9. The van der Waals surface area contributed by atoms with Crippen LogP contribution in [0.2, 0.25) is 0 Å². The molecule has 1 N–H and O–H groups in total. The van der Waals surface area contributed by atoms with E-state index in [0.717, 1.165) is 49.3 Å². The van der Waals surface area contributed by atoms with Gasteiger partial charge in [0.1, 0.15) is 12.4 Å². The molecule has 2 aromatic carbocycles.